The molecule has 0 aromatic heterocycles. The predicted molar refractivity (Wildman–Crippen MR) is 67.0 cm³/mol. The van der Waals surface area contributed by atoms with Gasteiger partial charge in [-0.05, 0) is 24.8 Å². The molecule has 1 saturated carbocycles. The fraction of sp³-hybridized carbons (Fsp3) is 0.462. The fourth-order valence-corrected chi connectivity index (χ4v) is 2.33. The molecule has 1 aromatic rings. The summed E-state index contributed by atoms with van der Waals surface area (Å²) in [5.41, 5.74) is 0.990. The van der Waals surface area contributed by atoms with Crippen LogP contribution in [0.3, 0.4) is 0 Å². The normalized spacial score (nSPS) is 23.4. The predicted octanol–water partition coefficient (Wildman–Crippen LogP) is 3.07. The van der Waals surface area contributed by atoms with E-state index in [1.54, 1.807) is 0 Å². The van der Waals surface area contributed by atoms with Crippen LogP contribution in [0.5, 0.6) is 0 Å². The van der Waals surface area contributed by atoms with E-state index in [0.717, 1.165) is 24.8 Å². The zero-order chi connectivity index (χ0) is 12.1. The highest BCUT2D eigenvalue weighted by Gasteiger charge is 2.24. The van der Waals surface area contributed by atoms with Gasteiger partial charge in [0.05, 0.1) is 0 Å². The molecular formula is C13H16ClNO2. The van der Waals surface area contributed by atoms with Gasteiger partial charge in [0.25, 0.3) is 0 Å². The molecule has 1 aliphatic carbocycles. The van der Waals surface area contributed by atoms with Crippen molar-refractivity contribution in [3.8, 4) is 0 Å². The second-order valence-electron chi connectivity index (χ2n) is 4.31. The van der Waals surface area contributed by atoms with Crippen molar-refractivity contribution < 1.29 is 9.53 Å². The minimum atomic E-state index is -0.357. The lowest BCUT2D eigenvalue weighted by Gasteiger charge is -2.12. The molecule has 1 amide bonds. The number of alkyl carbamates (subject to hydrolysis) is 1. The van der Waals surface area contributed by atoms with Gasteiger partial charge in [0.1, 0.15) is 6.61 Å². The van der Waals surface area contributed by atoms with E-state index in [0.29, 0.717) is 6.61 Å². The van der Waals surface area contributed by atoms with E-state index < -0.39 is 0 Å². The molecule has 3 nitrogen and oxygen atoms in total. The molecule has 4 heteroatoms. The first-order chi connectivity index (χ1) is 8.24. The van der Waals surface area contributed by atoms with Gasteiger partial charge in [0.2, 0.25) is 0 Å². The molecule has 92 valence electrons. The van der Waals surface area contributed by atoms with Crippen LogP contribution in [0.4, 0.5) is 4.79 Å². The molecule has 0 aliphatic heterocycles. The molecule has 0 saturated heterocycles. The van der Waals surface area contributed by atoms with Crippen LogP contribution in [0, 0.1) is 0 Å². The summed E-state index contributed by atoms with van der Waals surface area (Å²) < 4.78 is 5.13. The molecule has 0 heterocycles. The summed E-state index contributed by atoms with van der Waals surface area (Å²) in [4.78, 5) is 11.5. The van der Waals surface area contributed by atoms with Gasteiger partial charge in [0, 0.05) is 11.4 Å². The Bertz CT molecular complexity index is 369. The van der Waals surface area contributed by atoms with Crippen molar-refractivity contribution in [2.45, 2.75) is 37.3 Å². The standard InChI is InChI=1S/C13H16ClNO2/c14-11-6-7-12(8-11)15-13(16)17-9-10-4-2-1-3-5-10/h1-5,11-12H,6-9H2,(H,15,16)/t11-,12-/m1/s1. The van der Waals surface area contributed by atoms with Crippen molar-refractivity contribution in [2.24, 2.45) is 0 Å². The zero-order valence-corrected chi connectivity index (χ0v) is 10.3. The summed E-state index contributed by atoms with van der Waals surface area (Å²) >= 11 is 5.97. The van der Waals surface area contributed by atoms with Gasteiger partial charge in [-0.25, -0.2) is 4.79 Å². The molecule has 2 rings (SSSR count). The molecule has 17 heavy (non-hydrogen) atoms. The first-order valence-corrected chi connectivity index (χ1v) is 6.29. The van der Waals surface area contributed by atoms with Gasteiger partial charge in [0.15, 0.2) is 0 Å². The Morgan fingerprint density at radius 2 is 2.12 bits per heavy atom. The smallest absolute Gasteiger partial charge is 0.407 e. The summed E-state index contributed by atoms with van der Waals surface area (Å²) in [5, 5.41) is 3.02. The molecular weight excluding hydrogens is 238 g/mol. The van der Waals surface area contributed by atoms with Crippen LogP contribution in [0.25, 0.3) is 0 Å². The number of amides is 1. The molecule has 1 aromatic carbocycles. The van der Waals surface area contributed by atoms with E-state index in [4.69, 9.17) is 16.3 Å². The van der Waals surface area contributed by atoms with Crippen LogP contribution in [0.2, 0.25) is 0 Å². The molecule has 0 radical (unpaired) electrons. The highest BCUT2D eigenvalue weighted by Crippen LogP contribution is 2.23. The number of alkyl halides is 1. The van der Waals surface area contributed by atoms with Gasteiger partial charge in [-0.2, -0.15) is 0 Å². The van der Waals surface area contributed by atoms with Crippen molar-refractivity contribution in [1.29, 1.82) is 0 Å². The van der Waals surface area contributed by atoms with Gasteiger partial charge in [-0.1, -0.05) is 30.3 Å². The topological polar surface area (TPSA) is 38.3 Å². The quantitative estimate of drug-likeness (QED) is 0.841. The molecule has 0 spiro atoms. The number of hydrogen-bond donors (Lipinski definition) is 1. The van der Waals surface area contributed by atoms with Crippen LogP contribution < -0.4 is 5.32 Å². The Morgan fingerprint density at radius 3 is 2.76 bits per heavy atom. The SMILES string of the molecule is O=C(N[C@@H]1CC[C@@H](Cl)C1)OCc1ccccc1. The molecule has 1 fully saturated rings. The number of carbonyl (C=O) groups excluding carboxylic acids is 1. The molecule has 0 bridgehead atoms. The summed E-state index contributed by atoms with van der Waals surface area (Å²) in [6, 6.07) is 9.80. The van der Waals surface area contributed by atoms with Crippen LogP contribution in [0.15, 0.2) is 30.3 Å². The number of carbonyl (C=O) groups is 1. The second kappa shape index (κ2) is 5.92. The Kier molecular flexibility index (Phi) is 4.26. The maximum Gasteiger partial charge on any atom is 0.407 e. The Labute approximate surface area is 106 Å². The van der Waals surface area contributed by atoms with Crippen molar-refractivity contribution in [3.63, 3.8) is 0 Å². The van der Waals surface area contributed by atoms with Gasteiger partial charge in [-0.15, -0.1) is 11.6 Å². The lowest BCUT2D eigenvalue weighted by Crippen LogP contribution is -2.33. The Morgan fingerprint density at radius 1 is 1.35 bits per heavy atom. The largest absolute Gasteiger partial charge is 0.445 e. The van der Waals surface area contributed by atoms with Gasteiger partial charge >= 0.3 is 6.09 Å². The highest BCUT2D eigenvalue weighted by atomic mass is 35.5. The summed E-state index contributed by atoms with van der Waals surface area (Å²) in [5.74, 6) is 0. The first kappa shape index (κ1) is 12.2. The highest BCUT2D eigenvalue weighted by molar-refractivity contribution is 6.20. The van der Waals surface area contributed by atoms with E-state index in [2.05, 4.69) is 5.32 Å². The third-order valence-electron chi connectivity index (χ3n) is 2.90. The van der Waals surface area contributed by atoms with Crippen molar-refractivity contribution in [1.82, 2.24) is 5.32 Å². The number of nitrogens with one attached hydrogen (secondary N) is 1. The maximum absolute atomic E-state index is 11.5. The first-order valence-electron chi connectivity index (χ1n) is 5.85. The Hall–Kier alpha value is -1.22. The van der Waals surface area contributed by atoms with Gasteiger partial charge < -0.3 is 10.1 Å². The number of ether oxygens (including phenoxy) is 1. The van der Waals surface area contributed by atoms with Crippen LogP contribution in [-0.4, -0.2) is 17.5 Å². The van der Waals surface area contributed by atoms with E-state index in [1.165, 1.54) is 0 Å². The van der Waals surface area contributed by atoms with E-state index in [9.17, 15) is 4.79 Å². The average Bonchev–Trinajstić information content (AvgIpc) is 2.73. The van der Waals surface area contributed by atoms with Crippen LogP contribution >= 0.6 is 11.6 Å². The lowest BCUT2D eigenvalue weighted by molar-refractivity contribution is 0.136. The molecule has 1 N–H and O–H groups in total. The molecule has 0 unspecified atom stereocenters. The van der Waals surface area contributed by atoms with Crippen molar-refractivity contribution in [3.05, 3.63) is 35.9 Å². The van der Waals surface area contributed by atoms with Crippen molar-refractivity contribution in [2.75, 3.05) is 0 Å². The van der Waals surface area contributed by atoms with E-state index in [-0.39, 0.29) is 17.5 Å². The van der Waals surface area contributed by atoms with E-state index in [1.807, 2.05) is 30.3 Å². The average molecular weight is 254 g/mol. The lowest BCUT2D eigenvalue weighted by atomic mass is 10.2. The number of hydrogen-bond acceptors (Lipinski definition) is 2. The van der Waals surface area contributed by atoms with E-state index >= 15 is 0 Å². The second-order valence-corrected chi connectivity index (χ2v) is 4.93. The summed E-state index contributed by atoms with van der Waals surface area (Å²) in [6.07, 6.45) is 2.38. The van der Waals surface area contributed by atoms with Crippen LogP contribution in [-0.2, 0) is 11.3 Å². The molecule has 1 aliphatic rings. The summed E-state index contributed by atoms with van der Waals surface area (Å²) in [7, 11) is 0. The maximum atomic E-state index is 11.5. The third-order valence-corrected chi connectivity index (χ3v) is 3.30. The monoisotopic (exact) mass is 253 g/mol. The van der Waals surface area contributed by atoms with Crippen molar-refractivity contribution >= 4 is 17.7 Å². The summed E-state index contributed by atoms with van der Waals surface area (Å²) in [6.45, 7) is 0.309. The van der Waals surface area contributed by atoms with Gasteiger partial charge in [-0.3, -0.25) is 0 Å². The number of benzene rings is 1. The number of halogens is 1. The number of rotatable bonds is 3. The zero-order valence-electron chi connectivity index (χ0n) is 9.56. The fourth-order valence-electron chi connectivity index (χ4n) is 1.99. The van der Waals surface area contributed by atoms with Crippen LogP contribution in [0.1, 0.15) is 24.8 Å². The minimum absolute atomic E-state index is 0.167. The third kappa shape index (κ3) is 3.93. The molecule has 2 atom stereocenters. The Balaban J connectivity index is 1.71. The minimum Gasteiger partial charge on any atom is -0.445 e.